The van der Waals surface area contributed by atoms with Crippen LogP contribution in [0.15, 0.2) is 46.2 Å². The van der Waals surface area contributed by atoms with Crippen molar-refractivity contribution >= 4 is 23.6 Å². The van der Waals surface area contributed by atoms with Gasteiger partial charge in [-0.3, -0.25) is 20.4 Å². The molecule has 1 aromatic carbocycles. The van der Waals surface area contributed by atoms with E-state index in [2.05, 4.69) is 21.0 Å². The van der Waals surface area contributed by atoms with Gasteiger partial charge in [-0.05, 0) is 25.1 Å². The molecule has 2 amide bonds. The van der Waals surface area contributed by atoms with Crippen molar-refractivity contribution < 1.29 is 23.5 Å². The summed E-state index contributed by atoms with van der Waals surface area (Å²) in [5.41, 5.74) is 5.56. The van der Waals surface area contributed by atoms with Crippen molar-refractivity contribution in [2.45, 2.75) is 18.2 Å². The monoisotopic (exact) mass is 429 g/mol. The van der Waals surface area contributed by atoms with Gasteiger partial charge in [0.05, 0.1) is 17.6 Å². The minimum Gasteiger partial charge on any atom is -0.485 e. The maximum Gasteiger partial charge on any atom is 0.283 e. The number of carbonyl (C=O) groups excluding carboxylic acids is 2. The van der Waals surface area contributed by atoms with E-state index in [1.807, 2.05) is 26.1 Å². The van der Waals surface area contributed by atoms with E-state index in [0.29, 0.717) is 22.5 Å². The minimum atomic E-state index is -0.854. The minimum absolute atomic E-state index is 0.0431. The van der Waals surface area contributed by atoms with Gasteiger partial charge < -0.3 is 18.5 Å². The lowest BCUT2D eigenvalue weighted by Crippen LogP contribution is -2.51. The van der Waals surface area contributed by atoms with Crippen molar-refractivity contribution in [2.24, 2.45) is 7.05 Å². The number of hydrogen-bond donors (Lipinski definition) is 2. The molecule has 4 rings (SSSR count). The molecule has 0 fully saturated rings. The quantitative estimate of drug-likeness (QED) is 0.462. The Morgan fingerprint density at radius 2 is 2.00 bits per heavy atom. The summed E-state index contributed by atoms with van der Waals surface area (Å²) in [7, 11) is 1.81. The van der Waals surface area contributed by atoms with Gasteiger partial charge in [0.15, 0.2) is 22.5 Å². The number of aryl methyl sites for hydroxylation is 1. The number of hydrazine groups is 1. The lowest BCUT2D eigenvalue weighted by atomic mass is 10.2. The highest BCUT2D eigenvalue weighted by Crippen LogP contribution is 2.30. The first-order chi connectivity index (χ1) is 14.5. The molecule has 0 unspecified atom stereocenters. The van der Waals surface area contributed by atoms with Crippen LogP contribution in [0.2, 0.25) is 0 Å². The number of carbonyl (C=O) groups is 2. The number of furan rings is 1. The van der Waals surface area contributed by atoms with E-state index in [4.69, 9.17) is 13.9 Å². The Labute approximate surface area is 175 Å². The fraction of sp³-hybridized carbons (Fsp3) is 0.263. The number of ether oxygens (including phenoxy) is 2. The van der Waals surface area contributed by atoms with E-state index in [9.17, 15) is 9.59 Å². The molecule has 0 spiro atoms. The lowest BCUT2D eigenvalue weighted by molar-refractivity contribution is -0.134. The zero-order valence-corrected chi connectivity index (χ0v) is 17.1. The molecule has 10 nitrogen and oxygen atoms in total. The van der Waals surface area contributed by atoms with Gasteiger partial charge in [0.2, 0.25) is 12.0 Å². The van der Waals surface area contributed by atoms with E-state index >= 15 is 0 Å². The standard InChI is InChI=1S/C19H19N5O5S/c1-11-12(7-8-27-11)17-21-23-19(24(17)2)30-10-16(25)20-22-18(26)15-9-28-13-5-3-4-6-14(13)29-15/h3-8,15H,9-10H2,1-2H3,(H,20,25)(H,22,26)/t15-/m1/s1. The Morgan fingerprint density at radius 3 is 2.77 bits per heavy atom. The number of hydrogen-bond acceptors (Lipinski definition) is 8. The van der Waals surface area contributed by atoms with Gasteiger partial charge in [0, 0.05) is 7.05 Å². The Balaban J connectivity index is 1.26. The van der Waals surface area contributed by atoms with Crippen molar-refractivity contribution in [2.75, 3.05) is 12.4 Å². The molecule has 30 heavy (non-hydrogen) atoms. The largest absolute Gasteiger partial charge is 0.485 e. The number of rotatable bonds is 5. The summed E-state index contributed by atoms with van der Waals surface area (Å²) in [6.07, 6.45) is 0.731. The highest BCUT2D eigenvalue weighted by atomic mass is 32.2. The van der Waals surface area contributed by atoms with E-state index in [1.54, 1.807) is 29.0 Å². The molecule has 0 saturated carbocycles. The van der Waals surface area contributed by atoms with Gasteiger partial charge >= 0.3 is 0 Å². The summed E-state index contributed by atoms with van der Waals surface area (Å²) in [4.78, 5) is 24.3. The predicted octanol–water partition coefficient (Wildman–Crippen LogP) is 1.46. The van der Waals surface area contributed by atoms with Crippen LogP contribution in [-0.2, 0) is 16.6 Å². The third-order valence-corrected chi connectivity index (χ3v) is 5.41. The molecule has 0 radical (unpaired) electrons. The van der Waals surface area contributed by atoms with Crippen molar-refractivity contribution in [1.29, 1.82) is 0 Å². The first-order valence-corrected chi connectivity index (χ1v) is 10.1. The molecule has 3 aromatic rings. The molecule has 0 bridgehead atoms. The number of nitrogens with one attached hydrogen (secondary N) is 2. The van der Waals surface area contributed by atoms with Crippen molar-refractivity contribution in [3.8, 4) is 22.9 Å². The second-order valence-electron chi connectivity index (χ2n) is 6.45. The van der Waals surface area contributed by atoms with Gasteiger partial charge in [0.1, 0.15) is 12.4 Å². The average molecular weight is 429 g/mol. The molecule has 2 N–H and O–H groups in total. The third-order valence-electron chi connectivity index (χ3n) is 4.39. The Morgan fingerprint density at radius 1 is 1.20 bits per heavy atom. The van der Waals surface area contributed by atoms with Crippen LogP contribution in [0.25, 0.3) is 11.4 Å². The van der Waals surface area contributed by atoms with E-state index in [1.165, 1.54) is 11.8 Å². The molecular formula is C19H19N5O5S. The van der Waals surface area contributed by atoms with Gasteiger partial charge in [-0.25, -0.2) is 0 Å². The van der Waals surface area contributed by atoms with E-state index in [0.717, 1.165) is 11.3 Å². The molecule has 0 saturated heterocycles. The number of benzene rings is 1. The summed E-state index contributed by atoms with van der Waals surface area (Å²) >= 11 is 1.20. The Hall–Kier alpha value is -3.47. The zero-order valence-electron chi connectivity index (χ0n) is 16.2. The van der Waals surface area contributed by atoms with Crippen LogP contribution in [0.1, 0.15) is 5.76 Å². The van der Waals surface area contributed by atoms with Crippen LogP contribution >= 0.6 is 11.8 Å². The number of aromatic nitrogens is 3. The molecular weight excluding hydrogens is 410 g/mol. The zero-order chi connectivity index (χ0) is 21.1. The maximum atomic E-state index is 12.2. The molecule has 11 heteroatoms. The lowest BCUT2D eigenvalue weighted by Gasteiger charge is -2.25. The SMILES string of the molecule is Cc1occc1-c1nnc(SCC(=O)NNC(=O)[C@H]2COc3ccccc3O2)n1C. The second kappa shape index (κ2) is 8.49. The van der Waals surface area contributed by atoms with Crippen molar-refractivity contribution in [3.05, 3.63) is 42.4 Å². The summed E-state index contributed by atoms with van der Waals surface area (Å²) in [5, 5.41) is 8.82. The first kappa shape index (κ1) is 19.8. The summed E-state index contributed by atoms with van der Waals surface area (Å²) in [6, 6.07) is 8.88. The molecule has 0 aliphatic carbocycles. The van der Waals surface area contributed by atoms with Crippen molar-refractivity contribution in [1.82, 2.24) is 25.6 Å². The highest BCUT2D eigenvalue weighted by molar-refractivity contribution is 7.99. The summed E-state index contributed by atoms with van der Waals surface area (Å²) in [5.74, 6) is 1.59. The van der Waals surface area contributed by atoms with Gasteiger partial charge in [-0.15, -0.1) is 10.2 Å². The van der Waals surface area contributed by atoms with Crippen LogP contribution in [0, 0.1) is 6.92 Å². The fourth-order valence-electron chi connectivity index (χ4n) is 2.82. The molecule has 1 atom stereocenters. The number of fused-ring (bicyclic) bond motifs is 1. The van der Waals surface area contributed by atoms with Gasteiger partial charge in [0.25, 0.3) is 5.91 Å². The molecule has 2 aromatic heterocycles. The van der Waals surface area contributed by atoms with Crippen LogP contribution in [-0.4, -0.2) is 45.0 Å². The second-order valence-corrected chi connectivity index (χ2v) is 7.39. The van der Waals surface area contributed by atoms with Crippen LogP contribution in [0.4, 0.5) is 0 Å². The summed E-state index contributed by atoms with van der Waals surface area (Å²) < 4.78 is 18.2. The van der Waals surface area contributed by atoms with Crippen LogP contribution < -0.4 is 20.3 Å². The van der Waals surface area contributed by atoms with Gasteiger partial charge in [-0.1, -0.05) is 23.9 Å². The number of nitrogens with zero attached hydrogens (tertiary/aromatic N) is 3. The van der Waals surface area contributed by atoms with Crippen LogP contribution in [0.3, 0.4) is 0 Å². The van der Waals surface area contributed by atoms with Crippen molar-refractivity contribution in [3.63, 3.8) is 0 Å². The Kier molecular flexibility index (Phi) is 5.61. The smallest absolute Gasteiger partial charge is 0.283 e. The van der Waals surface area contributed by atoms with Crippen LogP contribution in [0.5, 0.6) is 11.5 Å². The first-order valence-electron chi connectivity index (χ1n) is 9.06. The highest BCUT2D eigenvalue weighted by Gasteiger charge is 2.27. The third kappa shape index (κ3) is 4.10. The molecule has 1 aliphatic rings. The number of para-hydroxylation sites is 2. The normalized spacial score (nSPS) is 14.9. The Bertz CT molecular complexity index is 1080. The van der Waals surface area contributed by atoms with Gasteiger partial charge in [-0.2, -0.15) is 0 Å². The average Bonchev–Trinajstić information content (AvgIpc) is 3.34. The van der Waals surface area contributed by atoms with E-state index in [-0.39, 0.29) is 12.4 Å². The number of amides is 2. The van der Waals surface area contributed by atoms with E-state index < -0.39 is 17.9 Å². The summed E-state index contributed by atoms with van der Waals surface area (Å²) in [6.45, 7) is 1.90. The topological polar surface area (TPSA) is 121 Å². The number of thioether (sulfide) groups is 1. The molecule has 156 valence electrons. The predicted molar refractivity (Wildman–Crippen MR) is 107 cm³/mol. The fourth-order valence-corrected chi connectivity index (χ4v) is 3.53. The molecule has 3 heterocycles. The maximum absolute atomic E-state index is 12.2. The molecule has 1 aliphatic heterocycles.